The molecule has 1 aromatic carbocycles. The molecular weight excluding hydrogens is 268 g/mol. The Morgan fingerprint density at radius 3 is 2.42 bits per heavy atom. The summed E-state index contributed by atoms with van der Waals surface area (Å²) in [7, 11) is 0. The quantitative estimate of drug-likeness (QED) is 0.669. The van der Waals surface area contributed by atoms with E-state index in [2.05, 4.69) is 49.6 Å². The van der Waals surface area contributed by atoms with Gasteiger partial charge in [0.25, 0.3) is 0 Å². The second-order valence-electron chi connectivity index (χ2n) is 4.86. The summed E-state index contributed by atoms with van der Waals surface area (Å²) in [4.78, 5) is 1.64. The van der Waals surface area contributed by atoms with Crippen LogP contribution in [-0.2, 0) is 19.3 Å². The maximum Gasteiger partial charge on any atom is 0.00772 e. The first-order valence-corrected chi connectivity index (χ1v) is 7.79. The highest BCUT2D eigenvalue weighted by atomic mass is 32.1. The predicted molar refractivity (Wildman–Crippen MR) is 91.9 cm³/mol. The van der Waals surface area contributed by atoms with Gasteiger partial charge in [-0.15, -0.1) is 11.3 Å². The highest BCUT2D eigenvalue weighted by Gasteiger charge is 2.08. The molecule has 0 saturated heterocycles. The molecule has 1 aromatic heterocycles. The molecule has 1 aliphatic rings. The Balaban J connectivity index is 0.000000180. The molecule has 0 spiro atoms. The molecule has 2 aromatic rings. The van der Waals surface area contributed by atoms with E-state index in [1.807, 2.05) is 11.3 Å². The molecule has 19 heavy (non-hydrogen) atoms. The van der Waals surface area contributed by atoms with E-state index in [1.54, 1.807) is 10.4 Å². The Morgan fingerprint density at radius 2 is 1.79 bits per heavy atom. The number of fused-ring (bicyclic) bond motifs is 1. The maximum atomic E-state index is 2.28. The zero-order valence-electron chi connectivity index (χ0n) is 11.9. The largest absolute Gasteiger partial charge is 0.197 e. The van der Waals surface area contributed by atoms with Gasteiger partial charge in [0, 0.05) is 4.88 Å². The SMILES string of the molecule is CCc1ccccc1C.S.c1cc2c(s1)CCCC2. The molecule has 0 radical (unpaired) electrons. The van der Waals surface area contributed by atoms with Gasteiger partial charge in [-0.25, -0.2) is 0 Å². The summed E-state index contributed by atoms with van der Waals surface area (Å²) in [6.07, 6.45) is 6.63. The molecule has 0 saturated carbocycles. The van der Waals surface area contributed by atoms with E-state index < -0.39 is 0 Å². The highest BCUT2D eigenvalue weighted by Crippen LogP contribution is 2.25. The second-order valence-corrected chi connectivity index (χ2v) is 5.86. The van der Waals surface area contributed by atoms with E-state index in [1.165, 1.54) is 36.8 Å². The van der Waals surface area contributed by atoms with Gasteiger partial charge in [-0.2, -0.15) is 13.5 Å². The van der Waals surface area contributed by atoms with E-state index in [0.717, 1.165) is 6.42 Å². The molecule has 0 amide bonds. The first-order chi connectivity index (χ1) is 8.81. The van der Waals surface area contributed by atoms with Crippen molar-refractivity contribution in [3.8, 4) is 0 Å². The Labute approximate surface area is 128 Å². The molecule has 2 heteroatoms. The second kappa shape index (κ2) is 8.44. The third-order valence-corrected chi connectivity index (χ3v) is 4.60. The lowest BCUT2D eigenvalue weighted by Crippen LogP contribution is -1.96. The van der Waals surface area contributed by atoms with Crippen LogP contribution >= 0.6 is 24.8 Å². The van der Waals surface area contributed by atoms with Crippen molar-refractivity contribution < 1.29 is 0 Å². The Morgan fingerprint density at radius 1 is 1.05 bits per heavy atom. The van der Waals surface area contributed by atoms with E-state index in [-0.39, 0.29) is 13.5 Å². The van der Waals surface area contributed by atoms with Crippen molar-refractivity contribution in [1.82, 2.24) is 0 Å². The molecule has 0 atom stereocenters. The van der Waals surface area contributed by atoms with Crippen molar-refractivity contribution in [2.75, 3.05) is 0 Å². The first-order valence-electron chi connectivity index (χ1n) is 6.91. The molecule has 0 nitrogen and oxygen atoms in total. The smallest absolute Gasteiger partial charge is 0.00772 e. The highest BCUT2D eigenvalue weighted by molar-refractivity contribution is 7.59. The normalized spacial score (nSPS) is 12.7. The van der Waals surface area contributed by atoms with Gasteiger partial charge < -0.3 is 0 Å². The van der Waals surface area contributed by atoms with Crippen LogP contribution in [0.3, 0.4) is 0 Å². The van der Waals surface area contributed by atoms with Gasteiger partial charge in [0.1, 0.15) is 0 Å². The summed E-state index contributed by atoms with van der Waals surface area (Å²) in [6, 6.07) is 10.8. The Bertz CT molecular complexity index is 465. The fourth-order valence-corrected chi connectivity index (χ4v) is 3.40. The van der Waals surface area contributed by atoms with Crippen molar-refractivity contribution in [3.63, 3.8) is 0 Å². The zero-order valence-corrected chi connectivity index (χ0v) is 13.7. The molecule has 1 aliphatic carbocycles. The summed E-state index contributed by atoms with van der Waals surface area (Å²) in [5.41, 5.74) is 4.48. The maximum absolute atomic E-state index is 2.28. The van der Waals surface area contributed by atoms with Gasteiger partial charge in [0.2, 0.25) is 0 Å². The molecular formula is C17H24S2. The third-order valence-electron chi connectivity index (χ3n) is 3.58. The molecule has 0 unspecified atom stereocenters. The fraction of sp³-hybridized carbons (Fsp3) is 0.412. The minimum Gasteiger partial charge on any atom is -0.197 e. The summed E-state index contributed by atoms with van der Waals surface area (Å²) in [6.45, 7) is 4.33. The molecule has 104 valence electrons. The standard InChI is InChI=1S/C9H12.C8H10S.H2S/c1-3-9-7-5-4-6-8(9)2;1-2-4-8-7(3-1)5-6-9-8;/h4-7H,3H2,1-2H3;5-6H,1-4H2;1H2. The van der Waals surface area contributed by atoms with Gasteiger partial charge in [0.05, 0.1) is 0 Å². The van der Waals surface area contributed by atoms with Crippen molar-refractivity contribution in [2.45, 2.75) is 46.0 Å². The number of rotatable bonds is 1. The summed E-state index contributed by atoms with van der Waals surface area (Å²) in [5.74, 6) is 0. The fourth-order valence-electron chi connectivity index (χ4n) is 2.42. The molecule has 0 N–H and O–H groups in total. The van der Waals surface area contributed by atoms with Crippen LogP contribution in [0.25, 0.3) is 0 Å². The molecule has 0 aliphatic heterocycles. The minimum atomic E-state index is 0. The van der Waals surface area contributed by atoms with Crippen molar-refractivity contribution in [2.24, 2.45) is 0 Å². The van der Waals surface area contributed by atoms with Crippen LogP contribution in [0.1, 0.15) is 41.3 Å². The lowest BCUT2D eigenvalue weighted by Gasteiger charge is -2.08. The van der Waals surface area contributed by atoms with Crippen LogP contribution in [0, 0.1) is 6.92 Å². The molecule has 3 rings (SSSR count). The van der Waals surface area contributed by atoms with Crippen molar-refractivity contribution >= 4 is 24.8 Å². The van der Waals surface area contributed by atoms with Crippen LogP contribution in [0.4, 0.5) is 0 Å². The molecule has 0 fully saturated rings. The average Bonchev–Trinajstić information content (AvgIpc) is 2.88. The van der Waals surface area contributed by atoms with Crippen LogP contribution in [0.5, 0.6) is 0 Å². The topological polar surface area (TPSA) is 0 Å². The van der Waals surface area contributed by atoms with E-state index in [4.69, 9.17) is 0 Å². The van der Waals surface area contributed by atoms with Crippen LogP contribution < -0.4 is 0 Å². The van der Waals surface area contributed by atoms with Gasteiger partial charge in [0.15, 0.2) is 0 Å². The number of aryl methyl sites for hydroxylation is 4. The van der Waals surface area contributed by atoms with E-state index >= 15 is 0 Å². The first kappa shape index (κ1) is 16.3. The monoisotopic (exact) mass is 292 g/mol. The number of thiophene rings is 1. The van der Waals surface area contributed by atoms with Gasteiger partial charge in [-0.3, -0.25) is 0 Å². The Hall–Kier alpha value is -0.730. The third kappa shape index (κ3) is 4.70. The van der Waals surface area contributed by atoms with Gasteiger partial charge in [-0.05, 0) is 67.2 Å². The van der Waals surface area contributed by atoms with Crippen molar-refractivity contribution in [3.05, 3.63) is 57.3 Å². The van der Waals surface area contributed by atoms with Crippen LogP contribution in [0.15, 0.2) is 35.7 Å². The molecule has 1 heterocycles. The Kier molecular flexibility index (Phi) is 7.25. The van der Waals surface area contributed by atoms with E-state index in [9.17, 15) is 0 Å². The summed E-state index contributed by atoms with van der Waals surface area (Å²) < 4.78 is 0. The zero-order chi connectivity index (χ0) is 12.8. The lowest BCUT2D eigenvalue weighted by atomic mass is 10.00. The van der Waals surface area contributed by atoms with Gasteiger partial charge >= 0.3 is 0 Å². The number of hydrogen-bond acceptors (Lipinski definition) is 1. The lowest BCUT2D eigenvalue weighted by molar-refractivity contribution is 0.697. The van der Waals surface area contributed by atoms with Gasteiger partial charge in [-0.1, -0.05) is 31.2 Å². The minimum absolute atomic E-state index is 0. The van der Waals surface area contributed by atoms with E-state index in [0.29, 0.717) is 0 Å². The predicted octanol–water partition coefficient (Wildman–Crippen LogP) is 5.30. The number of benzene rings is 1. The summed E-state index contributed by atoms with van der Waals surface area (Å²) in [5, 5.41) is 2.22. The van der Waals surface area contributed by atoms with Crippen molar-refractivity contribution in [1.29, 1.82) is 0 Å². The van der Waals surface area contributed by atoms with Crippen LogP contribution in [0.2, 0.25) is 0 Å². The molecule has 0 bridgehead atoms. The summed E-state index contributed by atoms with van der Waals surface area (Å²) >= 11 is 1.93. The number of hydrogen-bond donors (Lipinski definition) is 0. The average molecular weight is 293 g/mol. The van der Waals surface area contributed by atoms with Crippen LogP contribution in [-0.4, -0.2) is 0 Å².